The topological polar surface area (TPSA) is 83.0 Å². The summed E-state index contributed by atoms with van der Waals surface area (Å²) in [6.45, 7) is 0.157. The van der Waals surface area contributed by atoms with Crippen LogP contribution in [0.25, 0.3) is 10.9 Å². The van der Waals surface area contributed by atoms with E-state index in [4.69, 9.17) is 5.73 Å². The first kappa shape index (κ1) is 23.0. The van der Waals surface area contributed by atoms with Gasteiger partial charge in [0.05, 0.1) is 23.0 Å². The van der Waals surface area contributed by atoms with E-state index in [9.17, 15) is 23.2 Å². The number of rotatable bonds is 5. The first-order chi connectivity index (χ1) is 14.3. The number of nitrogens with zero attached hydrogens (tertiary/aromatic N) is 3. The Balaban J connectivity index is 0.00000272. The van der Waals surface area contributed by atoms with Crippen LogP contribution in [0.2, 0.25) is 0 Å². The predicted molar refractivity (Wildman–Crippen MR) is 113 cm³/mol. The number of hydrogen-bond donors (Lipinski definition) is 1. The number of halogens is 3. The summed E-state index contributed by atoms with van der Waals surface area (Å²) in [7, 11) is 0. The van der Waals surface area contributed by atoms with Gasteiger partial charge in [-0.05, 0) is 55.4 Å². The third-order valence-corrected chi connectivity index (χ3v) is 6.20. The number of alkyl halides is 3. The summed E-state index contributed by atoms with van der Waals surface area (Å²) in [6.07, 6.45) is -0.970. The van der Waals surface area contributed by atoms with Crippen LogP contribution < -0.4 is 10.6 Å². The average molecular weight is 432 g/mol. The number of carbonyl (C=O) groups is 1. The number of nitriles is 1. The summed E-state index contributed by atoms with van der Waals surface area (Å²) >= 11 is 0. The highest BCUT2D eigenvalue weighted by Crippen LogP contribution is 2.40. The lowest BCUT2D eigenvalue weighted by molar-refractivity contribution is -0.179. The van der Waals surface area contributed by atoms with E-state index in [-0.39, 0.29) is 38.5 Å². The Labute approximate surface area is 180 Å². The normalized spacial score (nSPS) is 22.5. The van der Waals surface area contributed by atoms with Gasteiger partial charge in [-0.15, -0.1) is 0 Å². The van der Waals surface area contributed by atoms with Crippen molar-refractivity contribution in [1.82, 2.24) is 4.98 Å². The molecule has 166 valence electrons. The second kappa shape index (κ2) is 8.83. The van der Waals surface area contributed by atoms with E-state index in [2.05, 4.69) is 11.1 Å². The molecular weight excluding hydrogens is 405 g/mol. The largest absolute Gasteiger partial charge is 0.393 e. The number of aromatic nitrogens is 1. The highest BCUT2D eigenvalue weighted by Gasteiger charge is 2.45. The number of hydrogen-bond acceptors (Lipinski definition) is 5. The number of ketones is 1. The minimum absolute atomic E-state index is 0. The molecule has 1 aliphatic carbocycles. The second-order valence-electron chi connectivity index (χ2n) is 8.42. The Kier molecular flexibility index (Phi) is 6.56. The van der Waals surface area contributed by atoms with Crippen molar-refractivity contribution in [1.29, 1.82) is 5.26 Å². The minimum Gasteiger partial charge on any atom is -0.370 e. The zero-order chi connectivity index (χ0) is 21.5. The van der Waals surface area contributed by atoms with Gasteiger partial charge in [0.1, 0.15) is 11.9 Å². The molecule has 1 saturated carbocycles. The third-order valence-electron chi connectivity index (χ3n) is 6.20. The first-order valence-electron chi connectivity index (χ1n) is 10.2. The maximum atomic E-state index is 13.7. The van der Waals surface area contributed by atoms with Gasteiger partial charge < -0.3 is 10.6 Å². The zero-order valence-electron chi connectivity index (χ0n) is 16.4. The molecule has 0 bridgehead atoms. The third kappa shape index (κ3) is 4.82. The smallest absolute Gasteiger partial charge is 0.370 e. The molecule has 1 aromatic carbocycles. The standard InChI is InChI=1S/C22H23F3N4O.CH4/c23-22(24,25)16-8-13(9-19(30)20(27)14-3-4-14)11-29(12-16)18-6-5-15(10-26)21-17(18)2-1-7-28-21;/h1-2,5-7,13-14,16,20H,3-4,8-9,11-12,27H2;1H4. The molecular formula is C23H27F3N4O. The van der Waals surface area contributed by atoms with E-state index in [0.29, 0.717) is 28.7 Å². The summed E-state index contributed by atoms with van der Waals surface area (Å²) in [5, 5.41) is 9.96. The Morgan fingerprint density at radius 1 is 1.29 bits per heavy atom. The van der Waals surface area contributed by atoms with E-state index < -0.39 is 24.1 Å². The van der Waals surface area contributed by atoms with Crippen LogP contribution in [0.15, 0.2) is 30.5 Å². The van der Waals surface area contributed by atoms with Gasteiger partial charge in [0, 0.05) is 36.8 Å². The number of carbonyl (C=O) groups excluding carboxylic acids is 1. The van der Waals surface area contributed by atoms with Gasteiger partial charge in [-0.2, -0.15) is 18.4 Å². The Morgan fingerprint density at radius 3 is 2.68 bits per heavy atom. The summed E-state index contributed by atoms with van der Waals surface area (Å²) in [4.78, 5) is 18.5. The highest BCUT2D eigenvalue weighted by atomic mass is 19.4. The fraction of sp³-hybridized carbons (Fsp3) is 0.522. The monoisotopic (exact) mass is 432 g/mol. The lowest BCUT2D eigenvalue weighted by Crippen LogP contribution is -2.47. The van der Waals surface area contributed by atoms with Crippen LogP contribution in [0, 0.1) is 29.1 Å². The van der Waals surface area contributed by atoms with Crippen LogP contribution in [0.1, 0.15) is 38.7 Å². The molecule has 4 rings (SSSR count). The van der Waals surface area contributed by atoms with Crippen LogP contribution in [-0.2, 0) is 4.79 Å². The molecule has 2 heterocycles. The zero-order valence-corrected chi connectivity index (χ0v) is 16.4. The molecule has 0 radical (unpaired) electrons. The Bertz CT molecular complexity index is 996. The van der Waals surface area contributed by atoms with E-state index in [0.717, 1.165) is 12.8 Å². The Morgan fingerprint density at radius 2 is 2.03 bits per heavy atom. The molecule has 1 saturated heterocycles. The van der Waals surface area contributed by atoms with E-state index in [1.54, 1.807) is 35.4 Å². The molecule has 31 heavy (non-hydrogen) atoms. The number of anilines is 1. The van der Waals surface area contributed by atoms with Crippen molar-refractivity contribution < 1.29 is 18.0 Å². The van der Waals surface area contributed by atoms with Gasteiger partial charge in [0.2, 0.25) is 0 Å². The molecule has 2 fully saturated rings. The van der Waals surface area contributed by atoms with Crippen molar-refractivity contribution >= 4 is 22.4 Å². The first-order valence-corrected chi connectivity index (χ1v) is 10.2. The van der Waals surface area contributed by atoms with Crippen LogP contribution in [0.5, 0.6) is 0 Å². The number of pyridine rings is 1. The lowest BCUT2D eigenvalue weighted by Gasteiger charge is -2.40. The van der Waals surface area contributed by atoms with Crippen molar-refractivity contribution in [3.05, 3.63) is 36.0 Å². The molecule has 1 aromatic heterocycles. The van der Waals surface area contributed by atoms with Gasteiger partial charge in [-0.3, -0.25) is 9.78 Å². The van der Waals surface area contributed by atoms with Gasteiger partial charge in [-0.1, -0.05) is 7.43 Å². The van der Waals surface area contributed by atoms with Crippen LogP contribution >= 0.6 is 0 Å². The lowest BCUT2D eigenvalue weighted by atomic mass is 9.83. The van der Waals surface area contributed by atoms with Gasteiger partial charge in [-0.25, -0.2) is 0 Å². The fourth-order valence-corrected chi connectivity index (χ4v) is 4.45. The van der Waals surface area contributed by atoms with Crippen molar-refractivity contribution in [3.63, 3.8) is 0 Å². The molecule has 3 atom stereocenters. The predicted octanol–water partition coefficient (Wildman–Crippen LogP) is 4.44. The molecule has 5 nitrogen and oxygen atoms in total. The van der Waals surface area contributed by atoms with Crippen LogP contribution in [-0.4, -0.2) is 36.1 Å². The molecule has 0 spiro atoms. The number of fused-ring (bicyclic) bond motifs is 1. The summed E-state index contributed by atoms with van der Waals surface area (Å²) < 4.78 is 41.0. The van der Waals surface area contributed by atoms with Crippen molar-refractivity contribution in [2.75, 3.05) is 18.0 Å². The molecule has 2 aromatic rings. The second-order valence-corrected chi connectivity index (χ2v) is 8.42. The summed E-state index contributed by atoms with van der Waals surface area (Å²) in [5.74, 6) is -1.91. The summed E-state index contributed by atoms with van der Waals surface area (Å²) in [5.41, 5.74) is 7.44. The van der Waals surface area contributed by atoms with Gasteiger partial charge in [0.15, 0.2) is 0 Å². The SMILES string of the molecule is C.N#Cc1ccc(N2CC(CC(=O)C(N)C3CC3)CC(C(F)(F)F)C2)c2cccnc12. The average Bonchev–Trinajstić information content (AvgIpc) is 3.56. The number of Topliss-reactive ketones (excluding diaryl/α,β-unsaturated/α-hetero) is 1. The van der Waals surface area contributed by atoms with Crippen molar-refractivity contribution in [2.45, 2.75) is 45.3 Å². The molecule has 3 unspecified atom stereocenters. The molecule has 0 amide bonds. The van der Waals surface area contributed by atoms with Gasteiger partial charge >= 0.3 is 6.18 Å². The number of benzene rings is 1. The Hall–Kier alpha value is -2.66. The molecule has 2 aliphatic rings. The highest BCUT2D eigenvalue weighted by molar-refractivity contribution is 5.95. The van der Waals surface area contributed by atoms with Crippen molar-refractivity contribution in [3.8, 4) is 6.07 Å². The number of nitrogens with two attached hydrogens (primary N) is 1. The maximum Gasteiger partial charge on any atom is 0.393 e. The minimum atomic E-state index is -4.35. The summed E-state index contributed by atoms with van der Waals surface area (Å²) in [6, 6.07) is 8.24. The van der Waals surface area contributed by atoms with E-state index in [1.807, 2.05) is 0 Å². The molecule has 8 heteroatoms. The van der Waals surface area contributed by atoms with Crippen LogP contribution in [0.3, 0.4) is 0 Å². The number of piperidine rings is 1. The fourth-order valence-electron chi connectivity index (χ4n) is 4.45. The van der Waals surface area contributed by atoms with Crippen LogP contribution in [0.4, 0.5) is 18.9 Å². The van der Waals surface area contributed by atoms with E-state index in [1.165, 1.54) is 0 Å². The molecule has 2 N–H and O–H groups in total. The molecule has 1 aliphatic heterocycles. The quantitative estimate of drug-likeness (QED) is 0.755. The van der Waals surface area contributed by atoms with Gasteiger partial charge in [0.25, 0.3) is 0 Å². The maximum absolute atomic E-state index is 13.7. The van der Waals surface area contributed by atoms with E-state index >= 15 is 0 Å². The van der Waals surface area contributed by atoms with Crippen molar-refractivity contribution in [2.24, 2.45) is 23.5 Å².